The predicted octanol–water partition coefficient (Wildman–Crippen LogP) is 4.09. The number of phenolic OH excluding ortho intramolecular Hbond substituents is 5. The minimum absolute atomic E-state index is 0.00597. The van der Waals surface area contributed by atoms with Gasteiger partial charge >= 0.3 is 11.9 Å². The van der Waals surface area contributed by atoms with Gasteiger partial charge in [-0.2, -0.15) is 0 Å². The Morgan fingerprint density at radius 3 is 1.91 bits per heavy atom. The van der Waals surface area contributed by atoms with Gasteiger partial charge in [0.2, 0.25) is 17.5 Å². The number of hydrogen-bond acceptors (Lipinski definition) is 15. The summed E-state index contributed by atoms with van der Waals surface area (Å²) in [5.41, 5.74) is 0.0506. The van der Waals surface area contributed by atoms with Crippen LogP contribution in [0.1, 0.15) is 17.5 Å². The second-order valence-corrected chi connectivity index (χ2v) is 12.4. The normalized spacial score (nSPS) is 20.0. The Kier molecular flexibility index (Phi) is 11.4. The van der Waals surface area contributed by atoms with Crippen LogP contribution in [0.3, 0.4) is 0 Å². The van der Waals surface area contributed by atoms with Gasteiger partial charge in [-0.25, -0.2) is 9.59 Å². The highest BCUT2D eigenvalue weighted by Gasteiger charge is 2.44. The van der Waals surface area contributed by atoms with E-state index in [1.807, 2.05) is 0 Å². The zero-order valence-corrected chi connectivity index (χ0v) is 28.6. The van der Waals surface area contributed by atoms with Gasteiger partial charge in [-0.05, 0) is 71.8 Å². The number of aromatic hydroxyl groups is 5. The predicted molar refractivity (Wildman–Crippen MR) is 194 cm³/mol. The monoisotopic (exact) mass is 754 g/mol. The van der Waals surface area contributed by atoms with E-state index in [0.29, 0.717) is 11.1 Å². The Hall–Kier alpha value is -6.81. The van der Waals surface area contributed by atoms with E-state index in [0.717, 1.165) is 24.3 Å². The number of benzene rings is 4. The van der Waals surface area contributed by atoms with Gasteiger partial charge in [-0.1, -0.05) is 24.3 Å². The lowest BCUT2D eigenvalue weighted by Crippen LogP contribution is -2.48. The SMILES string of the molecule is O=C(C=Cc1ccc(O)cc1)OCC1CC(O)C(OC(=O)C=Cc2ccc(O)cc2)C(O)C(Oc2c(-c3ccc(O)cc3)oc3cc(O)cc(O)c3c2=O)O1. The third kappa shape index (κ3) is 9.23. The number of aliphatic hydroxyl groups excluding tert-OH is 2. The van der Waals surface area contributed by atoms with Crippen molar-refractivity contribution in [3.8, 4) is 45.8 Å². The molecular weight excluding hydrogens is 720 g/mol. The summed E-state index contributed by atoms with van der Waals surface area (Å²) in [5.74, 6) is -3.89. The molecule has 6 rings (SSSR count). The molecule has 55 heavy (non-hydrogen) atoms. The summed E-state index contributed by atoms with van der Waals surface area (Å²) >= 11 is 0. The molecule has 5 aromatic rings. The van der Waals surface area contributed by atoms with Crippen LogP contribution in [0.5, 0.6) is 34.5 Å². The number of ether oxygens (including phenoxy) is 4. The number of fused-ring (bicyclic) bond motifs is 1. The van der Waals surface area contributed by atoms with E-state index in [4.69, 9.17) is 23.4 Å². The Morgan fingerprint density at radius 2 is 1.31 bits per heavy atom. The van der Waals surface area contributed by atoms with Gasteiger partial charge in [0.15, 0.2) is 18.0 Å². The molecular formula is C40H34O15. The van der Waals surface area contributed by atoms with E-state index in [9.17, 15) is 50.1 Å². The second kappa shape index (κ2) is 16.5. The van der Waals surface area contributed by atoms with Crippen LogP contribution in [0, 0.1) is 0 Å². The smallest absolute Gasteiger partial charge is 0.331 e. The quantitative estimate of drug-likeness (QED) is 0.0785. The number of aliphatic hydroxyl groups is 2. The van der Waals surface area contributed by atoms with Crippen LogP contribution in [-0.4, -0.2) is 85.0 Å². The van der Waals surface area contributed by atoms with Gasteiger partial charge in [-0.15, -0.1) is 0 Å². The average molecular weight is 755 g/mol. The highest BCUT2D eigenvalue weighted by Crippen LogP contribution is 2.37. The molecule has 15 nitrogen and oxygen atoms in total. The fourth-order valence-corrected chi connectivity index (χ4v) is 5.66. The zero-order valence-electron chi connectivity index (χ0n) is 28.6. The molecule has 1 fully saturated rings. The highest BCUT2D eigenvalue weighted by molar-refractivity contribution is 5.89. The van der Waals surface area contributed by atoms with Crippen molar-refractivity contribution < 1.29 is 68.7 Å². The van der Waals surface area contributed by atoms with Crippen molar-refractivity contribution in [3.05, 3.63) is 118 Å². The molecule has 0 radical (unpaired) electrons. The Morgan fingerprint density at radius 1 is 0.745 bits per heavy atom. The van der Waals surface area contributed by atoms with Crippen molar-refractivity contribution in [2.45, 2.75) is 37.1 Å². The van der Waals surface area contributed by atoms with Crippen molar-refractivity contribution in [2.24, 2.45) is 0 Å². The summed E-state index contributed by atoms with van der Waals surface area (Å²) in [6, 6.07) is 19.2. The van der Waals surface area contributed by atoms with E-state index in [1.165, 1.54) is 72.8 Å². The average Bonchev–Trinajstić information content (AvgIpc) is 3.26. The Balaban J connectivity index is 1.33. The lowest BCUT2D eigenvalue weighted by molar-refractivity contribution is -0.199. The fourth-order valence-electron chi connectivity index (χ4n) is 5.66. The molecule has 5 atom stereocenters. The number of phenols is 5. The van der Waals surface area contributed by atoms with E-state index in [2.05, 4.69) is 0 Å². The summed E-state index contributed by atoms with van der Waals surface area (Å²) < 4.78 is 28.7. The van der Waals surface area contributed by atoms with E-state index in [-0.39, 0.29) is 40.6 Å². The molecule has 1 aliphatic rings. The summed E-state index contributed by atoms with van der Waals surface area (Å²) in [4.78, 5) is 39.6. The molecule has 4 aromatic carbocycles. The second-order valence-electron chi connectivity index (χ2n) is 12.4. The van der Waals surface area contributed by atoms with Crippen molar-refractivity contribution in [3.63, 3.8) is 0 Å². The molecule has 1 aromatic heterocycles. The number of carbonyl (C=O) groups excluding carboxylic acids is 2. The summed E-state index contributed by atoms with van der Waals surface area (Å²) in [6.07, 6.45) is -3.99. The van der Waals surface area contributed by atoms with Gasteiger partial charge in [0.25, 0.3) is 0 Å². The van der Waals surface area contributed by atoms with Crippen LogP contribution in [-0.2, 0) is 23.8 Å². The molecule has 0 amide bonds. The van der Waals surface area contributed by atoms with Crippen LogP contribution in [0.25, 0.3) is 34.4 Å². The van der Waals surface area contributed by atoms with Crippen molar-refractivity contribution in [1.82, 2.24) is 0 Å². The first-order valence-corrected chi connectivity index (χ1v) is 16.7. The summed E-state index contributed by atoms with van der Waals surface area (Å²) in [7, 11) is 0. The molecule has 284 valence electrons. The van der Waals surface area contributed by atoms with Gasteiger partial charge in [0.05, 0.1) is 12.2 Å². The minimum Gasteiger partial charge on any atom is -0.508 e. The van der Waals surface area contributed by atoms with Crippen molar-refractivity contribution in [2.75, 3.05) is 6.61 Å². The molecule has 0 bridgehead atoms. The maximum Gasteiger partial charge on any atom is 0.331 e. The third-order valence-corrected chi connectivity index (χ3v) is 8.38. The Labute approximate surface area is 311 Å². The molecule has 7 N–H and O–H groups in total. The van der Waals surface area contributed by atoms with Crippen LogP contribution in [0.15, 0.2) is 106 Å². The van der Waals surface area contributed by atoms with Gasteiger partial charge in [-0.3, -0.25) is 4.79 Å². The highest BCUT2D eigenvalue weighted by atomic mass is 16.7. The fraction of sp³-hybridized carbons (Fsp3) is 0.175. The summed E-state index contributed by atoms with van der Waals surface area (Å²) in [6.45, 7) is -0.513. The number of carbonyl (C=O) groups is 2. The number of esters is 2. The standard InChI is InChI=1S/C40H34O15/c41-24-9-1-21(2-10-24)5-15-32(47)51-20-28-19-30(46)38(54-33(48)16-6-22-3-11-25(42)12-4-22)36(50)40(52-28)55-39-35(49)34-29(45)17-27(44)18-31(34)53-37(39)23-7-13-26(43)14-8-23/h1-18,28,30,36,38,40-46,50H,19-20H2. The number of rotatable bonds is 10. The van der Waals surface area contributed by atoms with Crippen LogP contribution >= 0.6 is 0 Å². The molecule has 0 aliphatic carbocycles. The van der Waals surface area contributed by atoms with Gasteiger partial charge in [0, 0.05) is 36.3 Å². The van der Waals surface area contributed by atoms with Crippen LogP contribution in [0.2, 0.25) is 0 Å². The van der Waals surface area contributed by atoms with Crippen molar-refractivity contribution >= 4 is 35.1 Å². The van der Waals surface area contributed by atoms with Crippen LogP contribution in [0.4, 0.5) is 0 Å². The van der Waals surface area contributed by atoms with Gasteiger partial charge in [0.1, 0.15) is 46.3 Å². The first-order valence-electron chi connectivity index (χ1n) is 16.7. The largest absolute Gasteiger partial charge is 0.508 e. The molecule has 0 saturated carbocycles. The first kappa shape index (κ1) is 37.9. The molecule has 1 aliphatic heterocycles. The minimum atomic E-state index is -2.01. The van der Waals surface area contributed by atoms with Crippen LogP contribution < -0.4 is 10.2 Å². The first-order chi connectivity index (χ1) is 26.3. The summed E-state index contributed by atoms with van der Waals surface area (Å²) in [5, 5.41) is 72.0. The lowest BCUT2D eigenvalue weighted by Gasteiger charge is -2.29. The maximum atomic E-state index is 14.0. The molecule has 2 heterocycles. The van der Waals surface area contributed by atoms with E-state index >= 15 is 0 Å². The number of hydrogen-bond donors (Lipinski definition) is 7. The van der Waals surface area contributed by atoms with E-state index in [1.54, 1.807) is 12.1 Å². The molecule has 0 spiro atoms. The molecule has 1 saturated heterocycles. The maximum absolute atomic E-state index is 14.0. The molecule has 15 heteroatoms. The topological polar surface area (TPSA) is 243 Å². The Bertz CT molecular complexity index is 2280. The van der Waals surface area contributed by atoms with E-state index < -0.39 is 77.3 Å². The zero-order chi connectivity index (χ0) is 39.2. The third-order valence-electron chi connectivity index (χ3n) is 8.38. The van der Waals surface area contributed by atoms with Gasteiger partial charge < -0.3 is 59.1 Å². The molecule has 5 unspecified atom stereocenters. The lowest BCUT2D eigenvalue weighted by atomic mass is 10.0. The van der Waals surface area contributed by atoms with Crippen molar-refractivity contribution in [1.29, 1.82) is 0 Å².